The Morgan fingerprint density at radius 1 is 1.16 bits per heavy atom. The summed E-state index contributed by atoms with van der Waals surface area (Å²) in [6.07, 6.45) is 0. The summed E-state index contributed by atoms with van der Waals surface area (Å²) in [5.74, 6) is 1.85. The van der Waals surface area contributed by atoms with Gasteiger partial charge in [0.2, 0.25) is 0 Å². The van der Waals surface area contributed by atoms with Gasteiger partial charge in [-0.1, -0.05) is 23.7 Å². The van der Waals surface area contributed by atoms with Crippen LogP contribution in [0.1, 0.15) is 12.5 Å². The van der Waals surface area contributed by atoms with Crippen LogP contribution >= 0.6 is 11.6 Å². The second-order valence-electron chi connectivity index (χ2n) is 3.74. The van der Waals surface area contributed by atoms with E-state index in [1.807, 2.05) is 37.3 Å². The molecule has 0 heterocycles. The molecular formula is C15H12ClNO2. The van der Waals surface area contributed by atoms with Gasteiger partial charge in [-0.05, 0) is 31.2 Å². The molecule has 0 aliphatic carbocycles. The molecule has 0 aliphatic heterocycles. The van der Waals surface area contributed by atoms with Crippen molar-refractivity contribution in [2.45, 2.75) is 6.92 Å². The van der Waals surface area contributed by atoms with Gasteiger partial charge in [-0.15, -0.1) is 0 Å². The van der Waals surface area contributed by atoms with Crippen LogP contribution in [0.4, 0.5) is 0 Å². The molecule has 96 valence electrons. The summed E-state index contributed by atoms with van der Waals surface area (Å²) in [7, 11) is 0. The second-order valence-corrected chi connectivity index (χ2v) is 4.14. The molecule has 0 saturated heterocycles. The predicted molar refractivity (Wildman–Crippen MR) is 73.9 cm³/mol. The van der Waals surface area contributed by atoms with Crippen molar-refractivity contribution in [2.75, 3.05) is 6.61 Å². The molecule has 0 fully saturated rings. The molecule has 4 heteroatoms. The molecule has 2 aromatic carbocycles. The van der Waals surface area contributed by atoms with E-state index in [1.54, 1.807) is 18.2 Å². The maximum Gasteiger partial charge on any atom is 0.169 e. The molecule has 2 rings (SSSR count). The largest absolute Gasteiger partial charge is 0.490 e. The van der Waals surface area contributed by atoms with Gasteiger partial charge in [0.1, 0.15) is 11.8 Å². The Hall–Kier alpha value is -2.18. The van der Waals surface area contributed by atoms with Gasteiger partial charge in [-0.3, -0.25) is 0 Å². The summed E-state index contributed by atoms with van der Waals surface area (Å²) in [6, 6.07) is 14.3. The first-order valence-electron chi connectivity index (χ1n) is 5.84. The first-order chi connectivity index (χ1) is 9.24. The molecule has 0 spiro atoms. The van der Waals surface area contributed by atoms with Crippen LogP contribution in [-0.4, -0.2) is 6.61 Å². The third-order valence-corrected chi connectivity index (χ3v) is 2.75. The number of rotatable bonds is 4. The highest BCUT2D eigenvalue weighted by atomic mass is 35.5. The Balaban J connectivity index is 2.26. The van der Waals surface area contributed by atoms with Gasteiger partial charge in [0.25, 0.3) is 0 Å². The highest BCUT2D eigenvalue weighted by Crippen LogP contribution is 2.32. The van der Waals surface area contributed by atoms with Crippen LogP contribution in [-0.2, 0) is 0 Å². The van der Waals surface area contributed by atoms with E-state index >= 15 is 0 Å². The lowest BCUT2D eigenvalue weighted by Crippen LogP contribution is -1.94. The summed E-state index contributed by atoms with van der Waals surface area (Å²) >= 11 is 5.96. The van der Waals surface area contributed by atoms with Crippen LogP contribution < -0.4 is 9.47 Å². The molecule has 0 saturated carbocycles. The normalized spacial score (nSPS) is 9.74. The number of halogens is 1. The minimum atomic E-state index is 0.369. The van der Waals surface area contributed by atoms with Crippen LogP contribution in [0.5, 0.6) is 17.2 Å². The van der Waals surface area contributed by atoms with Crippen molar-refractivity contribution in [3.63, 3.8) is 0 Å². The third-order valence-electron chi connectivity index (χ3n) is 2.44. The zero-order valence-electron chi connectivity index (χ0n) is 10.4. The molecule has 0 bridgehead atoms. The second kappa shape index (κ2) is 6.12. The molecule has 3 nitrogen and oxygen atoms in total. The van der Waals surface area contributed by atoms with E-state index in [0.717, 1.165) is 0 Å². The molecule has 2 aromatic rings. The monoisotopic (exact) mass is 273 g/mol. The Labute approximate surface area is 117 Å². The predicted octanol–water partition coefficient (Wildman–Crippen LogP) is 4.40. The Bertz CT molecular complexity index is 620. The zero-order chi connectivity index (χ0) is 13.7. The van der Waals surface area contributed by atoms with Gasteiger partial charge in [0, 0.05) is 6.07 Å². The standard InChI is InChI=1S/C15H12ClNO2/c1-2-18-14-5-3-4-6-15(14)19-12-8-7-11(10-17)13(16)9-12/h3-9H,2H2,1H3. The van der Waals surface area contributed by atoms with Gasteiger partial charge >= 0.3 is 0 Å². The van der Waals surface area contributed by atoms with Crippen LogP contribution in [0.3, 0.4) is 0 Å². The zero-order valence-corrected chi connectivity index (χ0v) is 11.1. The lowest BCUT2D eigenvalue weighted by Gasteiger charge is -2.11. The summed E-state index contributed by atoms with van der Waals surface area (Å²) in [5, 5.41) is 9.19. The summed E-state index contributed by atoms with van der Waals surface area (Å²) in [5.41, 5.74) is 0.423. The first kappa shape index (κ1) is 13.3. The SMILES string of the molecule is CCOc1ccccc1Oc1ccc(C#N)c(Cl)c1. The quantitative estimate of drug-likeness (QED) is 0.829. The highest BCUT2D eigenvalue weighted by Gasteiger charge is 2.07. The average molecular weight is 274 g/mol. The fourth-order valence-electron chi connectivity index (χ4n) is 1.59. The minimum absolute atomic E-state index is 0.369. The van der Waals surface area contributed by atoms with Crippen molar-refractivity contribution in [1.29, 1.82) is 5.26 Å². The first-order valence-corrected chi connectivity index (χ1v) is 6.21. The lowest BCUT2D eigenvalue weighted by atomic mass is 10.2. The average Bonchev–Trinajstić information content (AvgIpc) is 2.41. The molecule has 0 amide bonds. The van der Waals surface area contributed by atoms with Gasteiger partial charge in [0.05, 0.1) is 17.2 Å². The summed E-state index contributed by atoms with van der Waals surface area (Å²) < 4.78 is 11.2. The number of ether oxygens (including phenoxy) is 2. The lowest BCUT2D eigenvalue weighted by molar-refractivity contribution is 0.321. The van der Waals surface area contributed by atoms with E-state index < -0.39 is 0 Å². The third kappa shape index (κ3) is 3.18. The molecule has 0 aromatic heterocycles. The van der Waals surface area contributed by atoms with E-state index in [9.17, 15) is 0 Å². The molecule has 0 unspecified atom stereocenters. The van der Waals surface area contributed by atoms with Gasteiger partial charge in [0.15, 0.2) is 11.5 Å². The maximum absolute atomic E-state index is 8.82. The van der Waals surface area contributed by atoms with E-state index in [-0.39, 0.29) is 0 Å². The van der Waals surface area contributed by atoms with E-state index in [1.165, 1.54) is 0 Å². The topological polar surface area (TPSA) is 42.2 Å². The maximum atomic E-state index is 8.82. The minimum Gasteiger partial charge on any atom is -0.490 e. The molecule has 0 N–H and O–H groups in total. The Morgan fingerprint density at radius 3 is 2.53 bits per heavy atom. The van der Waals surface area contributed by atoms with Crippen molar-refractivity contribution in [3.8, 4) is 23.3 Å². The van der Waals surface area contributed by atoms with Gasteiger partial charge in [-0.25, -0.2) is 0 Å². The number of hydrogen-bond donors (Lipinski definition) is 0. The van der Waals surface area contributed by atoms with Gasteiger partial charge in [-0.2, -0.15) is 5.26 Å². The number of hydrogen-bond acceptors (Lipinski definition) is 3. The number of nitrogens with zero attached hydrogens (tertiary/aromatic N) is 1. The van der Waals surface area contributed by atoms with Crippen LogP contribution in [0.25, 0.3) is 0 Å². The molecular weight excluding hydrogens is 262 g/mol. The van der Waals surface area contributed by atoms with Crippen LogP contribution in [0, 0.1) is 11.3 Å². The van der Waals surface area contributed by atoms with Crippen molar-refractivity contribution in [3.05, 3.63) is 53.1 Å². The number of nitriles is 1. The molecule has 0 aliphatic rings. The molecule has 19 heavy (non-hydrogen) atoms. The van der Waals surface area contributed by atoms with Crippen molar-refractivity contribution >= 4 is 11.6 Å². The number of benzene rings is 2. The van der Waals surface area contributed by atoms with Crippen molar-refractivity contribution in [1.82, 2.24) is 0 Å². The molecule has 0 radical (unpaired) electrons. The Kier molecular flexibility index (Phi) is 4.27. The van der Waals surface area contributed by atoms with E-state index in [2.05, 4.69) is 0 Å². The fourth-order valence-corrected chi connectivity index (χ4v) is 1.80. The smallest absolute Gasteiger partial charge is 0.169 e. The summed E-state index contributed by atoms with van der Waals surface area (Å²) in [4.78, 5) is 0. The van der Waals surface area contributed by atoms with Crippen LogP contribution in [0.15, 0.2) is 42.5 Å². The van der Waals surface area contributed by atoms with E-state index in [0.29, 0.717) is 34.4 Å². The Morgan fingerprint density at radius 2 is 1.89 bits per heavy atom. The van der Waals surface area contributed by atoms with Gasteiger partial charge < -0.3 is 9.47 Å². The van der Waals surface area contributed by atoms with Crippen LogP contribution in [0.2, 0.25) is 5.02 Å². The van der Waals surface area contributed by atoms with Crippen molar-refractivity contribution < 1.29 is 9.47 Å². The fraction of sp³-hybridized carbons (Fsp3) is 0.133. The highest BCUT2D eigenvalue weighted by molar-refractivity contribution is 6.31. The van der Waals surface area contributed by atoms with E-state index in [4.69, 9.17) is 26.3 Å². The number of para-hydroxylation sites is 2. The molecule has 0 atom stereocenters. The summed E-state index contributed by atoms with van der Waals surface area (Å²) in [6.45, 7) is 2.48. The van der Waals surface area contributed by atoms with Crippen molar-refractivity contribution in [2.24, 2.45) is 0 Å².